The summed E-state index contributed by atoms with van der Waals surface area (Å²) in [6.07, 6.45) is 1.46. The van der Waals surface area contributed by atoms with Crippen LogP contribution < -0.4 is 30.3 Å². The number of urea groups is 1. The van der Waals surface area contributed by atoms with Gasteiger partial charge < -0.3 is 29.6 Å². The van der Waals surface area contributed by atoms with Crippen LogP contribution in [0.15, 0.2) is 83.1 Å². The van der Waals surface area contributed by atoms with Crippen LogP contribution in [0.3, 0.4) is 0 Å². The molecule has 0 unspecified atom stereocenters. The molecule has 3 aromatic rings. The fourth-order valence-corrected chi connectivity index (χ4v) is 4.19. The van der Waals surface area contributed by atoms with Crippen molar-refractivity contribution in [1.82, 2.24) is 16.1 Å². The zero-order valence-electron chi connectivity index (χ0n) is 23.8. The minimum absolute atomic E-state index is 0.101. The Hall–Kier alpha value is -5.39. The van der Waals surface area contributed by atoms with Crippen LogP contribution in [0.25, 0.3) is 0 Å². The summed E-state index contributed by atoms with van der Waals surface area (Å²) in [6, 6.07) is 16.9. The summed E-state index contributed by atoms with van der Waals surface area (Å²) < 4.78 is 35.6. The van der Waals surface area contributed by atoms with E-state index in [-0.39, 0.29) is 37.0 Å². The topological polar surface area (TPSA) is 137 Å². The monoisotopic (exact) mass is 590 g/mol. The number of allylic oxidation sites excluding steroid dienone is 1. The summed E-state index contributed by atoms with van der Waals surface area (Å²) >= 11 is 0. The number of carbonyl (C=O) groups excluding carboxylic acids is 3. The Labute approximate surface area is 247 Å². The van der Waals surface area contributed by atoms with Crippen molar-refractivity contribution in [2.45, 2.75) is 26.5 Å². The number of nitrogens with zero attached hydrogens (tertiary/aromatic N) is 1. The molecule has 0 aliphatic carbocycles. The van der Waals surface area contributed by atoms with Crippen LogP contribution in [0.1, 0.15) is 36.6 Å². The number of nitrogens with one attached hydrogen (secondary N) is 3. The maximum atomic E-state index is 13.7. The van der Waals surface area contributed by atoms with Gasteiger partial charge in [-0.05, 0) is 67.4 Å². The molecule has 1 aliphatic heterocycles. The second-order valence-electron chi connectivity index (χ2n) is 9.23. The SMILES string of the molecule is CCOC(=O)C1=C(C)NC(=O)N[C@H]1c1ccc(OCC(=O)N/N=C\c2ccc(OCc3ccccc3F)cc2)c(OC)c1. The van der Waals surface area contributed by atoms with E-state index in [2.05, 4.69) is 21.2 Å². The second kappa shape index (κ2) is 14.5. The predicted octanol–water partition coefficient (Wildman–Crippen LogP) is 4.13. The highest BCUT2D eigenvalue weighted by atomic mass is 19.1. The van der Waals surface area contributed by atoms with Crippen molar-refractivity contribution in [1.29, 1.82) is 0 Å². The molecule has 224 valence electrons. The van der Waals surface area contributed by atoms with Crippen molar-refractivity contribution >= 4 is 24.1 Å². The van der Waals surface area contributed by atoms with Gasteiger partial charge in [-0.1, -0.05) is 24.3 Å². The van der Waals surface area contributed by atoms with Gasteiger partial charge in [-0.3, -0.25) is 4.79 Å². The Morgan fingerprint density at radius 3 is 2.53 bits per heavy atom. The molecule has 0 radical (unpaired) electrons. The lowest BCUT2D eigenvalue weighted by molar-refractivity contribution is -0.139. The molecule has 4 rings (SSSR count). The Morgan fingerprint density at radius 2 is 1.81 bits per heavy atom. The molecule has 43 heavy (non-hydrogen) atoms. The smallest absolute Gasteiger partial charge is 0.338 e. The summed E-state index contributed by atoms with van der Waals surface area (Å²) in [5.74, 6) is -0.275. The predicted molar refractivity (Wildman–Crippen MR) is 155 cm³/mol. The standard InChI is InChI=1S/C31H31FN4O7/c1-4-41-30(38)28-19(2)34-31(39)35-29(28)21-11-14-25(26(15-21)40-3)43-18-27(37)36-33-16-20-9-12-23(13-10-20)42-17-22-7-5-6-8-24(22)32/h5-16,29H,4,17-18H2,1-3H3,(H,36,37)(H2,34,35,39)/b33-16-/t29-/m0/s1. The van der Waals surface area contributed by atoms with E-state index in [1.807, 2.05) is 0 Å². The van der Waals surface area contributed by atoms with E-state index in [0.717, 1.165) is 0 Å². The lowest BCUT2D eigenvalue weighted by atomic mass is 9.95. The van der Waals surface area contributed by atoms with Crippen LogP contribution in [-0.4, -0.2) is 44.4 Å². The van der Waals surface area contributed by atoms with E-state index in [0.29, 0.717) is 33.9 Å². The highest BCUT2D eigenvalue weighted by Gasteiger charge is 2.32. The molecule has 1 aliphatic rings. The number of methoxy groups -OCH3 is 1. The molecule has 1 atom stereocenters. The number of rotatable bonds is 12. The highest BCUT2D eigenvalue weighted by molar-refractivity contribution is 5.95. The van der Waals surface area contributed by atoms with Gasteiger partial charge in [0.1, 0.15) is 18.2 Å². The molecular weight excluding hydrogens is 559 g/mol. The summed E-state index contributed by atoms with van der Waals surface area (Å²) in [4.78, 5) is 37.0. The molecule has 3 amide bonds. The molecule has 3 aromatic carbocycles. The first-order chi connectivity index (χ1) is 20.8. The number of ether oxygens (including phenoxy) is 4. The third kappa shape index (κ3) is 8.09. The minimum atomic E-state index is -0.777. The third-order valence-corrected chi connectivity index (χ3v) is 6.28. The average Bonchev–Trinajstić information content (AvgIpc) is 3.00. The zero-order valence-corrected chi connectivity index (χ0v) is 23.8. The Kier molecular flexibility index (Phi) is 10.3. The van der Waals surface area contributed by atoms with Gasteiger partial charge in [-0.25, -0.2) is 19.4 Å². The molecule has 0 aromatic heterocycles. The van der Waals surface area contributed by atoms with E-state index in [1.165, 1.54) is 19.4 Å². The van der Waals surface area contributed by atoms with Gasteiger partial charge in [-0.15, -0.1) is 0 Å². The number of hydrazone groups is 1. The minimum Gasteiger partial charge on any atom is -0.493 e. The summed E-state index contributed by atoms with van der Waals surface area (Å²) in [7, 11) is 1.43. The van der Waals surface area contributed by atoms with Gasteiger partial charge in [0.05, 0.1) is 31.5 Å². The maximum absolute atomic E-state index is 13.7. The summed E-state index contributed by atoms with van der Waals surface area (Å²) in [5, 5.41) is 9.24. The Bertz CT molecular complexity index is 1540. The highest BCUT2D eigenvalue weighted by Crippen LogP contribution is 2.34. The van der Waals surface area contributed by atoms with Gasteiger partial charge in [-0.2, -0.15) is 5.10 Å². The number of hydrogen-bond donors (Lipinski definition) is 3. The van der Waals surface area contributed by atoms with Gasteiger partial charge >= 0.3 is 12.0 Å². The van der Waals surface area contributed by atoms with Gasteiger partial charge in [0.25, 0.3) is 5.91 Å². The third-order valence-electron chi connectivity index (χ3n) is 6.28. The van der Waals surface area contributed by atoms with Gasteiger partial charge in [0.2, 0.25) is 0 Å². The second-order valence-corrected chi connectivity index (χ2v) is 9.23. The van der Waals surface area contributed by atoms with Crippen molar-refractivity contribution < 1.29 is 37.7 Å². The lowest BCUT2D eigenvalue weighted by Crippen LogP contribution is -2.45. The van der Waals surface area contributed by atoms with Crippen molar-refractivity contribution in [3.63, 3.8) is 0 Å². The molecule has 0 bridgehead atoms. The van der Waals surface area contributed by atoms with Crippen LogP contribution in [0.4, 0.5) is 9.18 Å². The molecule has 1 heterocycles. The van der Waals surface area contributed by atoms with E-state index in [4.69, 9.17) is 18.9 Å². The van der Waals surface area contributed by atoms with E-state index in [1.54, 1.807) is 74.5 Å². The first kappa shape index (κ1) is 30.6. The van der Waals surface area contributed by atoms with E-state index in [9.17, 15) is 18.8 Å². The van der Waals surface area contributed by atoms with Crippen LogP contribution in [0.5, 0.6) is 17.2 Å². The molecule has 3 N–H and O–H groups in total. The molecule has 11 nitrogen and oxygen atoms in total. The first-order valence-corrected chi connectivity index (χ1v) is 13.3. The number of hydrogen-bond acceptors (Lipinski definition) is 8. The molecule has 0 saturated heterocycles. The molecule has 12 heteroatoms. The summed E-state index contributed by atoms with van der Waals surface area (Å²) in [5.41, 5.74) is 4.75. The van der Waals surface area contributed by atoms with Crippen molar-refractivity contribution in [2.75, 3.05) is 20.3 Å². The first-order valence-electron chi connectivity index (χ1n) is 13.3. The maximum Gasteiger partial charge on any atom is 0.338 e. The number of esters is 1. The number of amides is 3. The van der Waals surface area contributed by atoms with Crippen LogP contribution in [0, 0.1) is 5.82 Å². The fraction of sp³-hybridized carbons (Fsp3) is 0.226. The number of carbonyl (C=O) groups is 3. The van der Waals surface area contributed by atoms with Crippen molar-refractivity contribution in [3.8, 4) is 17.2 Å². The Balaban J connectivity index is 1.31. The number of halogens is 1. The zero-order chi connectivity index (χ0) is 30.8. The van der Waals surface area contributed by atoms with Crippen molar-refractivity contribution in [2.24, 2.45) is 5.10 Å². The van der Waals surface area contributed by atoms with E-state index < -0.39 is 23.9 Å². The Morgan fingerprint density at radius 1 is 1.05 bits per heavy atom. The fourth-order valence-electron chi connectivity index (χ4n) is 4.19. The van der Waals surface area contributed by atoms with Crippen molar-refractivity contribution in [3.05, 3.63) is 101 Å². The average molecular weight is 591 g/mol. The van der Waals surface area contributed by atoms with Gasteiger partial charge in [0, 0.05) is 11.3 Å². The van der Waals surface area contributed by atoms with Crippen LogP contribution >= 0.6 is 0 Å². The van der Waals surface area contributed by atoms with Gasteiger partial charge in [0.15, 0.2) is 18.1 Å². The van der Waals surface area contributed by atoms with E-state index >= 15 is 0 Å². The molecule has 0 spiro atoms. The number of benzene rings is 3. The molecule has 0 saturated carbocycles. The quantitative estimate of drug-likeness (QED) is 0.164. The van der Waals surface area contributed by atoms with Crippen LogP contribution in [-0.2, 0) is 20.9 Å². The molecule has 0 fully saturated rings. The lowest BCUT2D eigenvalue weighted by Gasteiger charge is -2.28. The summed E-state index contributed by atoms with van der Waals surface area (Å²) in [6.45, 7) is 3.24. The largest absolute Gasteiger partial charge is 0.493 e. The normalized spacial score (nSPS) is 14.5. The van der Waals surface area contributed by atoms with Crippen LogP contribution in [0.2, 0.25) is 0 Å². The molecular formula is C31H31FN4O7.